The van der Waals surface area contributed by atoms with Crippen molar-refractivity contribution in [3.8, 4) is 0 Å². The molecule has 0 amide bonds. The van der Waals surface area contributed by atoms with Gasteiger partial charge in [0.15, 0.2) is 0 Å². The number of rotatable bonds is 5. The fourth-order valence-corrected chi connectivity index (χ4v) is 2.92. The minimum absolute atomic E-state index is 0.0590. The lowest BCUT2D eigenvalue weighted by atomic mass is 9.89. The van der Waals surface area contributed by atoms with Gasteiger partial charge >= 0.3 is 0 Å². The van der Waals surface area contributed by atoms with Crippen LogP contribution in [0.3, 0.4) is 0 Å². The maximum absolute atomic E-state index is 10.7. The van der Waals surface area contributed by atoms with Gasteiger partial charge < -0.3 is 5.73 Å². The summed E-state index contributed by atoms with van der Waals surface area (Å²) in [6, 6.07) is 6.83. The Morgan fingerprint density at radius 2 is 1.85 bits per heavy atom. The molecule has 1 aromatic carbocycles. The van der Waals surface area contributed by atoms with Crippen LogP contribution in [0.2, 0.25) is 0 Å². The van der Waals surface area contributed by atoms with E-state index >= 15 is 0 Å². The van der Waals surface area contributed by atoms with Crippen molar-refractivity contribution < 1.29 is 4.92 Å². The summed E-state index contributed by atoms with van der Waals surface area (Å²) in [6.07, 6.45) is 4.60. The molecule has 1 heterocycles. The molecule has 0 radical (unpaired) electrons. The van der Waals surface area contributed by atoms with Crippen LogP contribution in [0.5, 0.6) is 0 Å². The molecule has 1 atom stereocenters. The highest BCUT2D eigenvalue weighted by molar-refractivity contribution is 5.33. The zero-order valence-corrected chi connectivity index (χ0v) is 12.0. The molecule has 1 aliphatic heterocycles. The van der Waals surface area contributed by atoms with Crippen molar-refractivity contribution in [1.29, 1.82) is 0 Å². The topological polar surface area (TPSA) is 72.4 Å². The summed E-state index contributed by atoms with van der Waals surface area (Å²) >= 11 is 0. The van der Waals surface area contributed by atoms with Crippen LogP contribution in [0.1, 0.15) is 31.7 Å². The normalized spacial score (nSPS) is 19.5. The number of non-ortho nitro benzene ring substituents is 1. The Balaban J connectivity index is 2.10. The molecule has 1 aromatic rings. The smallest absolute Gasteiger partial charge is 0.269 e. The first-order chi connectivity index (χ1) is 9.55. The quantitative estimate of drug-likeness (QED) is 0.662. The van der Waals surface area contributed by atoms with E-state index in [-0.39, 0.29) is 16.1 Å². The fourth-order valence-electron chi connectivity index (χ4n) is 2.92. The van der Waals surface area contributed by atoms with Gasteiger partial charge in [-0.3, -0.25) is 15.0 Å². The molecule has 5 heteroatoms. The number of hydrogen-bond acceptors (Lipinski definition) is 4. The van der Waals surface area contributed by atoms with Crippen molar-refractivity contribution in [2.24, 2.45) is 5.73 Å². The highest BCUT2D eigenvalue weighted by atomic mass is 16.6. The number of nitro groups is 1. The molecule has 1 fully saturated rings. The number of likely N-dealkylation sites (tertiary alicyclic amines) is 1. The van der Waals surface area contributed by atoms with E-state index < -0.39 is 0 Å². The first-order valence-corrected chi connectivity index (χ1v) is 7.24. The Morgan fingerprint density at radius 1 is 1.25 bits per heavy atom. The van der Waals surface area contributed by atoms with Crippen LogP contribution in [0.25, 0.3) is 0 Å². The third-order valence-corrected chi connectivity index (χ3v) is 4.29. The SMILES string of the molecule is CC(CN)(Cc1ccc([N+](=O)[O-])cc1)N1CCCCC1. The first kappa shape index (κ1) is 14.9. The lowest BCUT2D eigenvalue weighted by Gasteiger charge is -2.43. The van der Waals surface area contributed by atoms with Crippen LogP contribution >= 0.6 is 0 Å². The Kier molecular flexibility index (Phi) is 4.73. The minimum atomic E-state index is -0.365. The second-order valence-corrected chi connectivity index (χ2v) is 5.85. The molecule has 0 saturated carbocycles. The van der Waals surface area contributed by atoms with Gasteiger partial charge in [-0.2, -0.15) is 0 Å². The van der Waals surface area contributed by atoms with E-state index in [1.54, 1.807) is 12.1 Å². The number of nitro benzene ring substituents is 1. The summed E-state index contributed by atoms with van der Waals surface area (Å²) in [7, 11) is 0. The zero-order valence-electron chi connectivity index (χ0n) is 12.0. The van der Waals surface area contributed by atoms with Crippen molar-refractivity contribution in [1.82, 2.24) is 4.90 Å². The second-order valence-electron chi connectivity index (χ2n) is 5.85. The molecular formula is C15H23N3O2. The standard InChI is InChI=1S/C15H23N3O2/c1-15(12-16,17-9-3-2-4-10-17)11-13-5-7-14(8-6-13)18(19)20/h5-8H,2-4,9-12,16H2,1H3. The summed E-state index contributed by atoms with van der Waals surface area (Å²) in [5.74, 6) is 0. The van der Waals surface area contributed by atoms with Crippen LogP contribution in [-0.4, -0.2) is 35.0 Å². The average Bonchev–Trinajstić information content (AvgIpc) is 2.48. The van der Waals surface area contributed by atoms with E-state index in [0.717, 1.165) is 25.1 Å². The van der Waals surface area contributed by atoms with Gasteiger partial charge in [0.1, 0.15) is 0 Å². The van der Waals surface area contributed by atoms with Crippen LogP contribution in [0.15, 0.2) is 24.3 Å². The average molecular weight is 277 g/mol. The van der Waals surface area contributed by atoms with Crippen molar-refractivity contribution in [3.63, 3.8) is 0 Å². The Morgan fingerprint density at radius 3 is 2.35 bits per heavy atom. The van der Waals surface area contributed by atoms with E-state index in [1.807, 2.05) is 12.1 Å². The van der Waals surface area contributed by atoms with Crippen LogP contribution in [-0.2, 0) is 6.42 Å². The van der Waals surface area contributed by atoms with Gasteiger partial charge in [0.2, 0.25) is 0 Å². The summed E-state index contributed by atoms with van der Waals surface area (Å²) in [6.45, 7) is 4.99. The third-order valence-electron chi connectivity index (χ3n) is 4.29. The van der Waals surface area contributed by atoms with Crippen molar-refractivity contribution in [3.05, 3.63) is 39.9 Å². The number of nitrogens with zero attached hydrogens (tertiary/aromatic N) is 2. The zero-order chi connectivity index (χ0) is 14.6. The van der Waals surface area contributed by atoms with E-state index in [9.17, 15) is 10.1 Å². The molecular weight excluding hydrogens is 254 g/mol. The molecule has 0 bridgehead atoms. The summed E-state index contributed by atoms with van der Waals surface area (Å²) in [5.41, 5.74) is 7.20. The lowest BCUT2D eigenvalue weighted by Crippen LogP contribution is -2.54. The van der Waals surface area contributed by atoms with E-state index in [1.165, 1.54) is 19.3 Å². The van der Waals surface area contributed by atoms with Crippen molar-refractivity contribution in [2.75, 3.05) is 19.6 Å². The van der Waals surface area contributed by atoms with Gasteiger partial charge in [-0.15, -0.1) is 0 Å². The van der Waals surface area contributed by atoms with Gasteiger partial charge in [-0.25, -0.2) is 0 Å². The predicted octanol–water partition coefficient (Wildman–Crippen LogP) is 2.34. The van der Waals surface area contributed by atoms with E-state index in [0.29, 0.717) is 6.54 Å². The predicted molar refractivity (Wildman–Crippen MR) is 79.7 cm³/mol. The summed E-state index contributed by atoms with van der Waals surface area (Å²) in [5, 5.41) is 10.7. The van der Waals surface area contributed by atoms with Gasteiger partial charge in [0.05, 0.1) is 4.92 Å². The van der Waals surface area contributed by atoms with E-state index in [2.05, 4.69) is 11.8 Å². The maximum atomic E-state index is 10.7. The molecule has 2 N–H and O–H groups in total. The third kappa shape index (κ3) is 3.35. The number of hydrogen-bond donors (Lipinski definition) is 1. The fraction of sp³-hybridized carbons (Fsp3) is 0.600. The number of piperidine rings is 1. The molecule has 1 aliphatic rings. The maximum Gasteiger partial charge on any atom is 0.269 e. The molecule has 20 heavy (non-hydrogen) atoms. The summed E-state index contributed by atoms with van der Waals surface area (Å²) in [4.78, 5) is 12.8. The van der Waals surface area contributed by atoms with E-state index in [4.69, 9.17) is 5.73 Å². The monoisotopic (exact) mass is 277 g/mol. The van der Waals surface area contributed by atoms with Gasteiger partial charge in [0, 0.05) is 24.2 Å². The molecule has 1 unspecified atom stereocenters. The highest BCUT2D eigenvalue weighted by Gasteiger charge is 2.31. The van der Waals surface area contributed by atoms with Gasteiger partial charge in [-0.05, 0) is 44.8 Å². The Bertz CT molecular complexity index is 455. The Hall–Kier alpha value is -1.46. The lowest BCUT2D eigenvalue weighted by molar-refractivity contribution is -0.384. The summed E-state index contributed by atoms with van der Waals surface area (Å²) < 4.78 is 0. The molecule has 0 aromatic heterocycles. The second kappa shape index (κ2) is 6.33. The van der Waals surface area contributed by atoms with Crippen molar-refractivity contribution >= 4 is 5.69 Å². The Labute approximate surface area is 119 Å². The molecule has 0 aliphatic carbocycles. The van der Waals surface area contributed by atoms with Crippen LogP contribution in [0.4, 0.5) is 5.69 Å². The van der Waals surface area contributed by atoms with Gasteiger partial charge in [-0.1, -0.05) is 18.6 Å². The molecule has 2 rings (SSSR count). The number of nitrogens with two attached hydrogens (primary N) is 1. The molecule has 1 saturated heterocycles. The van der Waals surface area contributed by atoms with Gasteiger partial charge in [0.25, 0.3) is 5.69 Å². The molecule has 110 valence electrons. The van der Waals surface area contributed by atoms with Crippen LogP contribution < -0.4 is 5.73 Å². The molecule has 0 spiro atoms. The largest absolute Gasteiger partial charge is 0.329 e. The van der Waals surface area contributed by atoms with Crippen LogP contribution in [0, 0.1) is 10.1 Å². The first-order valence-electron chi connectivity index (χ1n) is 7.24. The highest BCUT2D eigenvalue weighted by Crippen LogP contribution is 2.25. The number of benzene rings is 1. The minimum Gasteiger partial charge on any atom is -0.329 e. The molecule has 5 nitrogen and oxygen atoms in total. The van der Waals surface area contributed by atoms with Crippen molar-refractivity contribution in [2.45, 2.75) is 38.1 Å².